The van der Waals surface area contributed by atoms with Gasteiger partial charge in [-0.2, -0.15) is 0 Å². The molecule has 3 aliphatic heterocycles. The molecule has 0 bridgehead atoms. The summed E-state index contributed by atoms with van der Waals surface area (Å²) < 4.78 is 34.3. The zero-order chi connectivity index (χ0) is 18.6. The summed E-state index contributed by atoms with van der Waals surface area (Å²) in [4.78, 5) is 12.2. The first kappa shape index (κ1) is 19.2. The van der Waals surface area contributed by atoms with E-state index in [9.17, 15) is 9.90 Å². The highest BCUT2D eigenvalue weighted by Crippen LogP contribution is 2.38. The van der Waals surface area contributed by atoms with E-state index >= 15 is 0 Å². The molecule has 0 aromatic heterocycles. The van der Waals surface area contributed by atoms with Crippen molar-refractivity contribution in [3.63, 3.8) is 0 Å². The molecular weight excluding hydrogens is 332 g/mol. The number of aliphatic hydroxyl groups is 1. The summed E-state index contributed by atoms with van der Waals surface area (Å²) in [6.07, 6.45) is -4.06. The summed E-state index contributed by atoms with van der Waals surface area (Å²) in [5, 5.41) is 10.9. The third-order valence-corrected chi connectivity index (χ3v) is 4.50. The first-order chi connectivity index (χ1) is 11.4. The van der Waals surface area contributed by atoms with E-state index in [1.807, 2.05) is 13.8 Å². The van der Waals surface area contributed by atoms with Crippen LogP contribution < -0.4 is 0 Å². The van der Waals surface area contributed by atoms with Crippen LogP contribution >= 0.6 is 0 Å². The molecule has 0 aliphatic carbocycles. The molecule has 3 heterocycles. The average Bonchev–Trinajstić information content (AvgIpc) is 3.00. The fourth-order valence-corrected chi connectivity index (χ4v) is 3.41. The second kappa shape index (κ2) is 6.23. The minimum atomic E-state index is -1.21. The molecule has 3 saturated heterocycles. The average molecular weight is 360 g/mol. The third kappa shape index (κ3) is 4.05. The fourth-order valence-electron chi connectivity index (χ4n) is 3.41. The Morgan fingerprint density at radius 1 is 0.920 bits per heavy atom. The number of Topliss-reactive ketones (excluding diaryl/α,β-unsaturated/α-hetero) is 1. The predicted octanol–water partition coefficient (Wildman–Crippen LogP) is 0.739. The van der Waals surface area contributed by atoms with Crippen LogP contribution in [-0.2, 0) is 33.2 Å². The molecule has 0 spiro atoms. The highest BCUT2D eigenvalue weighted by Gasteiger charge is 2.55. The Kier molecular flexibility index (Phi) is 4.77. The Morgan fingerprint density at radius 3 is 2.16 bits per heavy atom. The van der Waals surface area contributed by atoms with Crippen LogP contribution in [0.2, 0.25) is 0 Å². The second-order valence-electron chi connectivity index (χ2n) is 8.12. The lowest BCUT2D eigenvalue weighted by molar-refractivity contribution is -0.278. The molecule has 0 aromatic carbocycles. The van der Waals surface area contributed by atoms with Crippen LogP contribution in [0, 0.1) is 0 Å². The lowest BCUT2D eigenvalue weighted by Gasteiger charge is -2.39. The van der Waals surface area contributed by atoms with Crippen molar-refractivity contribution in [1.29, 1.82) is 0 Å². The van der Waals surface area contributed by atoms with Crippen LogP contribution in [-0.4, -0.2) is 72.0 Å². The van der Waals surface area contributed by atoms with Crippen molar-refractivity contribution >= 4 is 5.78 Å². The van der Waals surface area contributed by atoms with Crippen LogP contribution in [0.3, 0.4) is 0 Å². The minimum Gasteiger partial charge on any atom is -0.387 e. The van der Waals surface area contributed by atoms with Crippen molar-refractivity contribution in [1.82, 2.24) is 0 Å². The van der Waals surface area contributed by atoms with Crippen LogP contribution in [0.25, 0.3) is 0 Å². The largest absolute Gasteiger partial charge is 0.387 e. The van der Waals surface area contributed by atoms with E-state index in [1.54, 1.807) is 27.7 Å². The molecule has 0 aromatic rings. The van der Waals surface area contributed by atoms with E-state index in [1.165, 1.54) is 0 Å². The van der Waals surface area contributed by atoms with Gasteiger partial charge in [0.05, 0.1) is 6.61 Å². The van der Waals surface area contributed by atoms with Gasteiger partial charge < -0.3 is 33.5 Å². The molecule has 0 saturated carbocycles. The van der Waals surface area contributed by atoms with Crippen molar-refractivity contribution in [3.05, 3.63) is 0 Å². The standard InChI is InChI=1S/C17H28O8/c1-15(2)21-8-10(22-15)13-14(25-17(5,6)24-13)11(19)12-9(18)7-20-16(3,4)23-12/h10-14,19H,7-8H2,1-6H3/t10-,11+,12+,13-,14-/m1/s1. The van der Waals surface area contributed by atoms with E-state index in [-0.39, 0.29) is 12.4 Å². The molecule has 144 valence electrons. The highest BCUT2D eigenvalue weighted by atomic mass is 16.8. The van der Waals surface area contributed by atoms with Gasteiger partial charge in [0, 0.05) is 0 Å². The van der Waals surface area contributed by atoms with Gasteiger partial charge in [0.25, 0.3) is 0 Å². The van der Waals surface area contributed by atoms with E-state index in [0.717, 1.165) is 0 Å². The highest BCUT2D eigenvalue weighted by molar-refractivity contribution is 5.85. The monoisotopic (exact) mass is 360 g/mol. The minimum absolute atomic E-state index is 0.119. The molecule has 3 fully saturated rings. The van der Waals surface area contributed by atoms with E-state index in [2.05, 4.69) is 0 Å². The zero-order valence-electron chi connectivity index (χ0n) is 15.6. The van der Waals surface area contributed by atoms with Crippen LogP contribution in [0.1, 0.15) is 41.5 Å². The number of carbonyl (C=O) groups is 1. The Balaban J connectivity index is 1.79. The van der Waals surface area contributed by atoms with Gasteiger partial charge in [0.15, 0.2) is 23.1 Å². The lowest BCUT2D eigenvalue weighted by atomic mass is 9.96. The van der Waals surface area contributed by atoms with Crippen LogP contribution in [0.5, 0.6) is 0 Å². The van der Waals surface area contributed by atoms with E-state index < -0.39 is 47.9 Å². The van der Waals surface area contributed by atoms with Gasteiger partial charge in [-0.25, -0.2) is 0 Å². The predicted molar refractivity (Wildman–Crippen MR) is 84.6 cm³/mol. The van der Waals surface area contributed by atoms with Crippen molar-refractivity contribution < 1.29 is 38.3 Å². The fraction of sp³-hybridized carbons (Fsp3) is 0.941. The first-order valence-corrected chi connectivity index (χ1v) is 8.59. The van der Waals surface area contributed by atoms with Gasteiger partial charge in [0.1, 0.15) is 37.1 Å². The van der Waals surface area contributed by atoms with Gasteiger partial charge in [-0.05, 0) is 41.5 Å². The summed E-state index contributed by atoms with van der Waals surface area (Å²) in [6.45, 7) is 10.7. The van der Waals surface area contributed by atoms with Crippen molar-refractivity contribution in [2.24, 2.45) is 0 Å². The van der Waals surface area contributed by atoms with Gasteiger partial charge in [0.2, 0.25) is 0 Å². The number of ketones is 1. The summed E-state index contributed by atoms with van der Waals surface area (Å²) >= 11 is 0. The third-order valence-electron chi connectivity index (χ3n) is 4.50. The lowest BCUT2D eigenvalue weighted by Crippen LogP contribution is -2.57. The van der Waals surface area contributed by atoms with Gasteiger partial charge >= 0.3 is 0 Å². The molecule has 25 heavy (non-hydrogen) atoms. The number of rotatable bonds is 3. The van der Waals surface area contributed by atoms with E-state index in [4.69, 9.17) is 28.4 Å². The van der Waals surface area contributed by atoms with Gasteiger partial charge in [-0.15, -0.1) is 0 Å². The quantitative estimate of drug-likeness (QED) is 0.788. The number of aliphatic hydroxyl groups excluding tert-OH is 1. The maximum atomic E-state index is 12.2. The Morgan fingerprint density at radius 2 is 1.56 bits per heavy atom. The number of carbonyl (C=O) groups excluding carboxylic acids is 1. The molecule has 3 aliphatic rings. The van der Waals surface area contributed by atoms with Crippen LogP contribution in [0.4, 0.5) is 0 Å². The summed E-state index contributed by atoms with van der Waals surface area (Å²) in [6, 6.07) is 0. The van der Waals surface area contributed by atoms with Crippen molar-refractivity contribution in [3.8, 4) is 0 Å². The molecule has 5 atom stereocenters. The molecule has 3 rings (SSSR count). The van der Waals surface area contributed by atoms with Crippen LogP contribution in [0.15, 0.2) is 0 Å². The molecule has 8 nitrogen and oxygen atoms in total. The normalized spacial score (nSPS) is 41.0. The number of hydrogen-bond acceptors (Lipinski definition) is 8. The Labute approximate surface area is 147 Å². The maximum Gasteiger partial charge on any atom is 0.190 e. The molecule has 8 heteroatoms. The first-order valence-electron chi connectivity index (χ1n) is 8.59. The summed E-state index contributed by atoms with van der Waals surface area (Å²) in [5.74, 6) is -2.94. The zero-order valence-corrected chi connectivity index (χ0v) is 15.6. The molecule has 0 radical (unpaired) electrons. The number of hydrogen-bond donors (Lipinski definition) is 1. The van der Waals surface area contributed by atoms with Crippen molar-refractivity contribution in [2.75, 3.05) is 13.2 Å². The Hall–Kier alpha value is -0.610. The van der Waals surface area contributed by atoms with Crippen molar-refractivity contribution in [2.45, 2.75) is 89.4 Å². The maximum absolute atomic E-state index is 12.2. The summed E-state index contributed by atoms with van der Waals surface area (Å²) in [5.41, 5.74) is 0. The summed E-state index contributed by atoms with van der Waals surface area (Å²) in [7, 11) is 0. The molecule has 1 N–H and O–H groups in total. The molecule has 0 unspecified atom stereocenters. The van der Waals surface area contributed by atoms with Gasteiger partial charge in [-0.1, -0.05) is 0 Å². The Bertz CT molecular complexity index is 529. The molecule has 0 amide bonds. The van der Waals surface area contributed by atoms with E-state index in [0.29, 0.717) is 6.61 Å². The van der Waals surface area contributed by atoms with Gasteiger partial charge in [-0.3, -0.25) is 4.79 Å². The smallest absolute Gasteiger partial charge is 0.190 e. The SMILES string of the molecule is CC1(C)O[C@H]([C@@H](O)[C@H]2OC(C)(C)OCC2=O)[C@@H]([C@H]2COC(C)(C)O2)O1. The second-order valence-corrected chi connectivity index (χ2v) is 8.12. The number of ether oxygens (including phenoxy) is 6. The molecular formula is C17H28O8. The topological polar surface area (TPSA) is 92.7 Å².